The Bertz CT molecular complexity index is 2250. The van der Waals surface area contributed by atoms with Gasteiger partial charge in [-0.15, -0.1) is 0 Å². The molecule has 0 N–H and O–H groups in total. The number of benzene rings is 2. The maximum absolute atomic E-state index is 15.4. The molecule has 3 saturated heterocycles. The number of carbonyl (C=O) groups is 1. The van der Waals surface area contributed by atoms with Crippen LogP contribution in [0.25, 0.3) is 0 Å². The van der Waals surface area contributed by atoms with E-state index in [0.29, 0.717) is 68.8 Å². The third-order valence-corrected chi connectivity index (χ3v) is 13.7. The number of amides is 1. The maximum atomic E-state index is 15.4. The van der Waals surface area contributed by atoms with Gasteiger partial charge in [-0.05, 0) is 132 Å². The number of fused-ring (bicyclic) bond motifs is 2. The van der Waals surface area contributed by atoms with Crippen LogP contribution in [0.5, 0.6) is 17.5 Å². The number of aromatic nitrogens is 3. The van der Waals surface area contributed by atoms with Crippen molar-refractivity contribution in [1.29, 1.82) is 0 Å². The van der Waals surface area contributed by atoms with Gasteiger partial charge in [0.25, 0.3) is 0 Å². The molecule has 350 valence electrons. The summed E-state index contributed by atoms with van der Waals surface area (Å²) in [6.07, 6.45) is 0.0642. The Kier molecular flexibility index (Phi) is 13.2. The molecule has 8 rings (SSSR count). The predicted octanol–water partition coefficient (Wildman–Crippen LogP) is 9.25. The predicted molar refractivity (Wildman–Crippen MR) is 244 cm³/mol. The summed E-state index contributed by atoms with van der Waals surface area (Å²) in [4.78, 5) is 36.3. The van der Waals surface area contributed by atoms with Crippen LogP contribution in [0, 0.1) is 18.8 Å². The second kappa shape index (κ2) is 18.5. The highest BCUT2D eigenvalue weighted by atomic mass is 19.4. The molecule has 1 aliphatic carbocycles. The Morgan fingerprint density at radius 2 is 1.48 bits per heavy atom. The number of alkyl halides is 3. The van der Waals surface area contributed by atoms with Crippen LogP contribution in [-0.4, -0.2) is 103 Å². The molecule has 2 atom stereocenters. The zero-order chi connectivity index (χ0) is 46.3. The Morgan fingerprint density at radius 3 is 2.03 bits per heavy atom. The summed E-state index contributed by atoms with van der Waals surface area (Å²) in [5.74, 6) is 1.95. The summed E-state index contributed by atoms with van der Waals surface area (Å²) in [7, 11) is 5.22. The Balaban J connectivity index is 1.14. The van der Waals surface area contributed by atoms with Crippen molar-refractivity contribution in [2.75, 3.05) is 70.4 Å². The lowest BCUT2D eigenvalue weighted by Crippen LogP contribution is -2.54. The zero-order valence-electron chi connectivity index (χ0n) is 39.1. The molecule has 1 amide bonds. The molecule has 0 radical (unpaired) electrons. The third-order valence-electron chi connectivity index (χ3n) is 13.7. The van der Waals surface area contributed by atoms with Gasteiger partial charge in [0, 0.05) is 57.2 Å². The number of methoxy groups -OCH3 is 2. The molecule has 12 nitrogen and oxygen atoms in total. The van der Waals surface area contributed by atoms with Crippen molar-refractivity contribution < 1.29 is 36.9 Å². The SMILES string of the molecule is COc1ccc(CN(Cc2ccc(OC)cc2)c2cc(C)c(C(F)(F)F)c([C@H]3Cc4nc(OCC56CCCN5CCC6)nc(N(C)CC5CN(C(=O)OC(C)(C)C)C5)c4C[C@@H]3C)n2)cc1. The first-order valence-corrected chi connectivity index (χ1v) is 23.0. The molecule has 0 bridgehead atoms. The molecule has 5 heterocycles. The van der Waals surface area contributed by atoms with Crippen LogP contribution in [0.2, 0.25) is 0 Å². The van der Waals surface area contributed by atoms with E-state index in [1.165, 1.54) is 6.92 Å². The minimum absolute atomic E-state index is 0.0271. The first kappa shape index (κ1) is 46.2. The molecular weight excluding hydrogens is 836 g/mol. The Labute approximate surface area is 381 Å². The average Bonchev–Trinajstić information content (AvgIpc) is 3.83. The largest absolute Gasteiger partial charge is 0.497 e. The maximum Gasteiger partial charge on any atom is 0.418 e. The number of anilines is 2. The van der Waals surface area contributed by atoms with E-state index in [-0.39, 0.29) is 47.2 Å². The van der Waals surface area contributed by atoms with Crippen LogP contribution in [0.15, 0.2) is 54.6 Å². The minimum Gasteiger partial charge on any atom is -0.497 e. The fraction of sp³-hybridized carbons (Fsp3) is 0.560. The van der Waals surface area contributed by atoms with Crippen molar-refractivity contribution in [2.45, 2.75) is 109 Å². The highest BCUT2D eigenvalue weighted by molar-refractivity contribution is 5.69. The minimum atomic E-state index is -4.64. The van der Waals surface area contributed by atoms with E-state index in [1.54, 1.807) is 25.2 Å². The summed E-state index contributed by atoms with van der Waals surface area (Å²) < 4.78 is 69.2. The number of carbonyl (C=O) groups excluding carboxylic acids is 1. The molecule has 4 aliphatic rings. The molecule has 3 aliphatic heterocycles. The monoisotopic (exact) mass is 899 g/mol. The van der Waals surface area contributed by atoms with Crippen LogP contribution in [-0.2, 0) is 36.8 Å². The van der Waals surface area contributed by atoms with Gasteiger partial charge in [0.15, 0.2) is 0 Å². The Morgan fingerprint density at radius 1 is 0.877 bits per heavy atom. The van der Waals surface area contributed by atoms with Crippen LogP contribution >= 0.6 is 0 Å². The molecule has 0 spiro atoms. The smallest absolute Gasteiger partial charge is 0.418 e. The number of pyridine rings is 1. The van der Waals surface area contributed by atoms with Gasteiger partial charge in [0.1, 0.15) is 35.3 Å². The number of nitrogens with zero attached hydrogens (tertiary/aromatic N) is 7. The lowest BCUT2D eigenvalue weighted by molar-refractivity contribution is -0.139. The normalized spacial score (nSPS) is 19.6. The van der Waals surface area contributed by atoms with E-state index >= 15 is 13.2 Å². The first-order valence-electron chi connectivity index (χ1n) is 23.0. The Hall–Kier alpha value is -5.31. The molecular formula is C50H64F3N7O5. The summed E-state index contributed by atoms with van der Waals surface area (Å²) in [6, 6.07) is 17.2. The third kappa shape index (κ3) is 10.2. The lowest BCUT2D eigenvalue weighted by Gasteiger charge is -2.42. The first-order chi connectivity index (χ1) is 30.9. The van der Waals surface area contributed by atoms with Crippen molar-refractivity contribution in [3.8, 4) is 17.5 Å². The average molecular weight is 900 g/mol. The number of hydrogen-bond acceptors (Lipinski definition) is 11. The summed E-state index contributed by atoms with van der Waals surface area (Å²) in [5, 5.41) is 0. The fourth-order valence-electron chi connectivity index (χ4n) is 10.4. The highest BCUT2D eigenvalue weighted by Gasteiger charge is 2.46. The number of hydrogen-bond donors (Lipinski definition) is 0. The van der Waals surface area contributed by atoms with E-state index in [2.05, 4.69) is 9.80 Å². The van der Waals surface area contributed by atoms with E-state index in [4.69, 9.17) is 33.9 Å². The van der Waals surface area contributed by atoms with Gasteiger partial charge >= 0.3 is 18.3 Å². The number of halogens is 3. The summed E-state index contributed by atoms with van der Waals surface area (Å²) in [5.41, 5.74) is 2.33. The molecule has 15 heteroatoms. The van der Waals surface area contributed by atoms with E-state index < -0.39 is 23.3 Å². The van der Waals surface area contributed by atoms with Crippen LogP contribution < -0.4 is 24.0 Å². The van der Waals surface area contributed by atoms with E-state index in [9.17, 15) is 4.79 Å². The second-order valence-electron chi connectivity index (χ2n) is 19.7. The molecule has 2 aromatic heterocycles. The van der Waals surface area contributed by atoms with Gasteiger partial charge in [-0.3, -0.25) is 4.90 Å². The molecule has 0 saturated carbocycles. The van der Waals surface area contributed by atoms with Crippen LogP contribution in [0.3, 0.4) is 0 Å². The van der Waals surface area contributed by atoms with Crippen LogP contribution in [0.4, 0.5) is 29.6 Å². The second-order valence-corrected chi connectivity index (χ2v) is 19.7. The van der Waals surface area contributed by atoms with Gasteiger partial charge in [-0.2, -0.15) is 23.1 Å². The quantitative estimate of drug-likeness (QED) is 0.121. The summed E-state index contributed by atoms with van der Waals surface area (Å²) in [6.45, 7) is 14.2. The summed E-state index contributed by atoms with van der Waals surface area (Å²) >= 11 is 0. The fourth-order valence-corrected chi connectivity index (χ4v) is 10.4. The van der Waals surface area contributed by atoms with Crippen molar-refractivity contribution in [3.05, 3.63) is 93.8 Å². The molecule has 2 aromatic carbocycles. The van der Waals surface area contributed by atoms with Crippen molar-refractivity contribution in [1.82, 2.24) is 24.8 Å². The van der Waals surface area contributed by atoms with Gasteiger partial charge in [0.2, 0.25) is 0 Å². The highest BCUT2D eigenvalue weighted by Crippen LogP contribution is 2.46. The standard InChI is InChI=1S/C50H64F3N7O5/c1-32-23-40-41(54-46(64-31-49-19-9-21-60(49)22-10-20-49)56-45(40)57(6)26-36-29-59(30-36)47(61)65-48(3,4)5)25-39(32)44-43(50(51,52)53)33(2)24-42(55-44)58(27-34-11-15-37(62-7)16-12-34)28-35-13-17-38(63-8)18-14-35/h11-18,24,32,36,39H,9-10,19-23,25-31H2,1-8H3/t32-,39-/m0/s1. The van der Waals surface area contributed by atoms with Crippen molar-refractivity contribution in [2.24, 2.45) is 11.8 Å². The van der Waals surface area contributed by atoms with Gasteiger partial charge in [0.05, 0.1) is 36.7 Å². The molecule has 65 heavy (non-hydrogen) atoms. The van der Waals surface area contributed by atoms with Crippen molar-refractivity contribution >= 4 is 17.7 Å². The van der Waals surface area contributed by atoms with E-state index in [1.807, 2.05) is 88.2 Å². The number of aryl methyl sites for hydroxylation is 1. The van der Waals surface area contributed by atoms with Gasteiger partial charge in [-0.1, -0.05) is 31.2 Å². The topological polar surface area (TPSA) is 106 Å². The van der Waals surface area contributed by atoms with Crippen molar-refractivity contribution in [3.63, 3.8) is 0 Å². The molecule has 3 fully saturated rings. The molecule has 4 aromatic rings. The van der Waals surface area contributed by atoms with Gasteiger partial charge < -0.3 is 33.6 Å². The van der Waals surface area contributed by atoms with E-state index in [0.717, 1.165) is 61.3 Å². The molecule has 0 unspecified atom stereocenters. The zero-order valence-corrected chi connectivity index (χ0v) is 39.1. The number of ether oxygens (including phenoxy) is 4. The lowest BCUT2D eigenvalue weighted by atomic mass is 9.75. The van der Waals surface area contributed by atoms with Gasteiger partial charge in [-0.25, -0.2) is 9.78 Å². The number of likely N-dealkylation sites (tertiary alicyclic amines) is 1. The van der Waals surface area contributed by atoms with Crippen LogP contribution in [0.1, 0.15) is 98.5 Å². The number of rotatable bonds is 14.